The van der Waals surface area contributed by atoms with Gasteiger partial charge in [0.1, 0.15) is 12.7 Å². The minimum absolute atomic E-state index is 0.0693. The van der Waals surface area contributed by atoms with Crippen molar-refractivity contribution in [2.24, 2.45) is 5.73 Å². The van der Waals surface area contributed by atoms with Crippen LogP contribution < -0.4 is 5.73 Å². The van der Waals surface area contributed by atoms with Gasteiger partial charge in [-0.15, -0.1) is 0 Å². The van der Waals surface area contributed by atoms with Gasteiger partial charge in [-0.1, -0.05) is 12.1 Å². The van der Waals surface area contributed by atoms with E-state index in [1.807, 2.05) is 31.2 Å². The molecule has 0 saturated carbocycles. The lowest BCUT2D eigenvalue weighted by Gasteiger charge is -2.06. The highest BCUT2D eigenvalue weighted by molar-refractivity contribution is 5.34. The summed E-state index contributed by atoms with van der Waals surface area (Å²) in [4.78, 5) is 3.88. The van der Waals surface area contributed by atoms with Gasteiger partial charge in [0.15, 0.2) is 0 Å². The van der Waals surface area contributed by atoms with Gasteiger partial charge >= 0.3 is 0 Å². The molecular formula is C10H12N4. The molecule has 1 atom stereocenters. The minimum atomic E-state index is 0.0693. The molecular weight excluding hydrogens is 176 g/mol. The first-order valence-electron chi connectivity index (χ1n) is 4.48. The van der Waals surface area contributed by atoms with Gasteiger partial charge in [0.05, 0.1) is 5.69 Å². The summed E-state index contributed by atoms with van der Waals surface area (Å²) < 4.78 is 1.71. The van der Waals surface area contributed by atoms with E-state index < -0.39 is 0 Å². The Kier molecular flexibility index (Phi) is 2.28. The van der Waals surface area contributed by atoms with Crippen LogP contribution in [-0.4, -0.2) is 14.8 Å². The summed E-state index contributed by atoms with van der Waals surface area (Å²) in [5.74, 6) is 0. The molecule has 0 fully saturated rings. The van der Waals surface area contributed by atoms with Crippen molar-refractivity contribution in [1.82, 2.24) is 14.8 Å². The third-order valence-electron chi connectivity index (χ3n) is 2.10. The molecule has 1 aromatic heterocycles. The number of rotatable bonds is 2. The van der Waals surface area contributed by atoms with E-state index in [1.54, 1.807) is 11.0 Å². The van der Waals surface area contributed by atoms with Crippen LogP contribution in [-0.2, 0) is 0 Å². The molecule has 0 aliphatic carbocycles. The number of hydrogen-bond acceptors (Lipinski definition) is 3. The van der Waals surface area contributed by atoms with E-state index >= 15 is 0 Å². The maximum Gasteiger partial charge on any atom is 0.138 e. The van der Waals surface area contributed by atoms with E-state index in [4.69, 9.17) is 5.73 Å². The van der Waals surface area contributed by atoms with E-state index in [1.165, 1.54) is 6.33 Å². The molecule has 4 nitrogen and oxygen atoms in total. The van der Waals surface area contributed by atoms with Gasteiger partial charge < -0.3 is 5.73 Å². The van der Waals surface area contributed by atoms with Gasteiger partial charge in [-0.2, -0.15) is 5.10 Å². The Labute approximate surface area is 82.4 Å². The van der Waals surface area contributed by atoms with E-state index in [0.29, 0.717) is 0 Å². The quantitative estimate of drug-likeness (QED) is 0.772. The topological polar surface area (TPSA) is 56.7 Å². The molecule has 2 aromatic rings. The SMILES string of the molecule is C[C@@H](N)c1ccc(-n2cncn2)cc1. The molecule has 0 radical (unpaired) electrons. The predicted molar refractivity (Wildman–Crippen MR) is 54.0 cm³/mol. The maximum atomic E-state index is 5.75. The van der Waals surface area contributed by atoms with Crippen LogP contribution in [0.5, 0.6) is 0 Å². The van der Waals surface area contributed by atoms with Crippen molar-refractivity contribution < 1.29 is 0 Å². The largest absolute Gasteiger partial charge is 0.324 e. The molecule has 0 amide bonds. The molecule has 1 heterocycles. The second-order valence-electron chi connectivity index (χ2n) is 3.22. The normalized spacial score (nSPS) is 12.7. The van der Waals surface area contributed by atoms with Crippen molar-refractivity contribution >= 4 is 0 Å². The lowest BCUT2D eigenvalue weighted by molar-refractivity contribution is 0.814. The average molecular weight is 188 g/mol. The Balaban J connectivity index is 2.31. The monoisotopic (exact) mass is 188 g/mol. The van der Waals surface area contributed by atoms with E-state index in [0.717, 1.165) is 11.3 Å². The van der Waals surface area contributed by atoms with Gasteiger partial charge in [0.25, 0.3) is 0 Å². The summed E-state index contributed by atoms with van der Waals surface area (Å²) in [5, 5.41) is 4.04. The predicted octanol–water partition coefficient (Wildman–Crippen LogP) is 1.29. The molecule has 72 valence electrons. The zero-order chi connectivity index (χ0) is 9.97. The number of aromatic nitrogens is 3. The summed E-state index contributed by atoms with van der Waals surface area (Å²) in [7, 11) is 0. The molecule has 0 aliphatic rings. The maximum absolute atomic E-state index is 5.75. The summed E-state index contributed by atoms with van der Waals surface area (Å²) in [6.45, 7) is 1.96. The fourth-order valence-corrected chi connectivity index (χ4v) is 1.27. The standard InChI is InChI=1S/C10H12N4/c1-8(11)9-2-4-10(5-3-9)14-7-12-6-13-14/h2-8H,11H2,1H3/t8-/m1/s1. The van der Waals surface area contributed by atoms with Crippen LogP contribution in [0, 0.1) is 0 Å². The summed E-state index contributed by atoms with van der Waals surface area (Å²) >= 11 is 0. The fraction of sp³-hybridized carbons (Fsp3) is 0.200. The first-order chi connectivity index (χ1) is 6.77. The van der Waals surface area contributed by atoms with E-state index in [-0.39, 0.29) is 6.04 Å². The Bertz CT molecular complexity index is 389. The van der Waals surface area contributed by atoms with Crippen LogP contribution in [0.1, 0.15) is 18.5 Å². The van der Waals surface area contributed by atoms with Gasteiger partial charge in [-0.25, -0.2) is 9.67 Å². The number of nitrogens with two attached hydrogens (primary N) is 1. The Morgan fingerprint density at radius 2 is 2.00 bits per heavy atom. The zero-order valence-electron chi connectivity index (χ0n) is 7.96. The van der Waals surface area contributed by atoms with Crippen LogP contribution in [0.15, 0.2) is 36.9 Å². The molecule has 0 saturated heterocycles. The first kappa shape index (κ1) is 8.90. The van der Waals surface area contributed by atoms with Gasteiger partial charge in [-0.05, 0) is 24.6 Å². The number of nitrogens with zero attached hydrogens (tertiary/aromatic N) is 3. The molecule has 1 aromatic carbocycles. The molecule has 0 bridgehead atoms. The van der Waals surface area contributed by atoms with Crippen molar-refractivity contribution in [3.8, 4) is 5.69 Å². The van der Waals surface area contributed by atoms with Crippen LogP contribution in [0.4, 0.5) is 0 Å². The van der Waals surface area contributed by atoms with Crippen molar-refractivity contribution in [1.29, 1.82) is 0 Å². The van der Waals surface area contributed by atoms with Crippen LogP contribution >= 0.6 is 0 Å². The lowest BCUT2D eigenvalue weighted by Crippen LogP contribution is -2.05. The molecule has 2 rings (SSSR count). The van der Waals surface area contributed by atoms with E-state index in [9.17, 15) is 0 Å². The Morgan fingerprint density at radius 3 is 2.50 bits per heavy atom. The number of benzene rings is 1. The molecule has 4 heteroatoms. The van der Waals surface area contributed by atoms with Crippen LogP contribution in [0.25, 0.3) is 5.69 Å². The molecule has 0 aliphatic heterocycles. The van der Waals surface area contributed by atoms with E-state index in [2.05, 4.69) is 10.1 Å². The summed E-state index contributed by atoms with van der Waals surface area (Å²) in [5.41, 5.74) is 7.86. The second-order valence-corrected chi connectivity index (χ2v) is 3.22. The van der Waals surface area contributed by atoms with Gasteiger partial charge in [0.2, 0.25) is 0 Å². The highest BCUT2D eigenvalue weighted by Crippen LogP contribution is 2.12. The third-order valence-corrected chi connectivity index (χ3v) is 2.10. The molecule has 2 N–H and O–H groups in total. The van der Waals surface area contributed by atoms with Crippen LogP contribution in [0.3, 0.4) is 0 Å². The number of hydrogen-bond donors (Lipinski definition) is 1. The highest BCUT2D eigenvalue weighted by atomic mass is 15.3. The smallest absolute Gasteiger partial charge is 0.138 e. The van der Waals surface area contributed by atoms with Crippen molar-refractivity contribution in [2.75, 3.05) is 0 Å². The van der Waals surface area contributed by atoms with Crippen molar-refractivity contribution in [2.45, 2.75) is 13.0 Å². The Hall–Kier alpha value is -1.68. The molecule has 14 heavy (non-hydrogen) atoms. The summed E-state index contributed by atoms with van der Waals surface area (Å²) in [6, 6.07) is 8.03. The Morgan fingerprint density at radius 1 is 1.29 bits per heavy atom. The molecule has 0 unspecified atom stereocenters. The second kappa shape index (κ2) is 3.59. The fourth-order valence-electron chi connectivity index (χ4n) is 1.27. The first-order valence-corrected chi connectivity index (χ1v) is 4.48. The molecule has 0 spiro atoms. The highest BCUT2D eigenvalue weighted by Gasteiger charge is 2.00. The van der Waals surface area contributed by atoms with Gasteiger partial charge in [0, 0.05) is 6.04 Å². The minimum Gasteiger partial charge on any atom is -0.324 e. The van der Waals surface area contributed by atoms with Crippen molar-refractivity contribution in [3.63, 3.8) is 0 Å². The average Bonchev–Trinajstić information content (AvgIpc) is 2.71. The van der Waals surface area contributed by atoms with Gasteiger partial charge in [-0.3, -0.25) is 0 Å². The third kappa shape index (κ3) is 1.65. The lowest BCUT2D eigenvalue weighted by atomic mass is 10.1. The summed E-state index contributed by atoms with van der Waals surface area (Å²) in [6.07, 6.45) is 3.18. The van der Waals surface area contributed by atoms with Crippen molar-refractivity contribution in [3.05, 3.63) is 42.5 Å². The zero-order valence-corrected chi connectivity index (χ0v) is 7.96. The van der Waals surface area contributed by atoms with Crippen LogP contribution in [0.2, 0.25) is 0 Å².